The normalized spacial score (nSPS) is 15.2. The van der Waals surface area contributed by atoms with E-state index >= 15 is 0 Å². The Bertz CT molecular complexity index is 913. The zero-order valence-corrected chi connectivity index (χ0v) is 18.1. The first-order valence-corrected chi connectivity index (χ1v) is 10.5. The number of carbonyl (C=O) groups excluding carboxylic acids is 1. The molecule has 0 atom stereocenters. The molecule has 0 spiro atoms. The first-order valence-electron chi connectivity index (χ1n) is 9.24. The lowest BCUT2D eigenvalue weighted by Gasteiger charge is -2.09. The van der Waals surface area contributed by atoms with Crippen molar-refractivity contribution in [1.29, 1.82) is 0 Å². The van der Waals surface area contributed by atoms with E-state index in [0.717, 1.165) is 17.1 Å². The van der Waals surface area contributed by atoms with Crippen LogP contribution in [0.4, 0.5) is 0 Å². The molecule has 0 unspecified atom stereocenters. The zero-order valence-electron chi connectivity index (χ0n) is 16.4. The molecular weight excluding hydrogens is 406 g/mol. The van der Waals surface area contributed by atoms with Crippen molar-refractivity contribution in [1.82, 2.24) is 4.90 Å². The number of thiocarbonyl (C=S) groups is 1. The molecule has 0 saturated carbocycles. The minimum atomic E-state index is -0.0763. The molecule has 5 nitrogen and oxygen atoms in total. The number of carbonyl (C=O) groups is 1. The summed E-state index contributed by atoms with van der Waals surface area (Å²) in [6.07, 6.45) is 1.83. The Morgan fingerprint density at radius 3 is 2.28 bits per heavy atom. The first kappa shape index (κ1) is 21.4. The van der Waals surface area contributed by atoms with Gasteiger partial charge in [-0.3, -0.25) is 9.69 Å². The summed E-state index contributed by atoms with van der Waals surface area (Å²) in [5.41, 5.74) is 2.06. The van der Waals surface area contributed by atoms with Crippen LogP contribution in [0.3, 0.4) is 0 Å². The highest BCUT2D eigenvalue weighted by molar-refractivity contribution is 8.26. The quantitative estimate of drug-likeness (QED) is 0.337. The Hall–Kier alpha value is -2.35. The molecule has 0 aromatic heterocycles. The number of rotatable bonds is 9. The molecular formula is C22H23NO4S2. The SMILES string of the molecule is Cc1cccc(OCCOCCOc2cccc(C=C3SC(=S)N(C)C3=O)c2)c1. The molecule has 1 amide bonds. The van der Waals surface area contributed by atoms with Crippen LogP contribution in [0.5, 0.6) is 11.5 Å². The third-order valence-electron chi connectivity index (χ3n) is 4.12. The Morgan fingerprint density at radius 2 is 1.66 bits per heavy atom. The molecule has 0 N–H and O–H groups in total. The third kappa shape index (κ3) is 6.32. The lowest BCUT2D eigenvalue weighted by molar-refractivity contribution is -0.121. The van der Waals surface area contributed by atoms with Gasteiger partial charge in [-0.15, -0.1) is 0 Å². The molecule has 3 rings (SSSR count). The maximum atomic E-state index is 12.1. The summed E-state index contributed by atoms with van der Waals surface area (Å²) in [5, 5.41) is 0. The number of amides is 1. The number of hydrogen-bond acceptors (Lipinski definition) is 6. The largest absolute Gasteiger partial charge is 0.491 e. The van der Waals surface area contributed by atoms with Crippen molar-refractivity contribution in [3.63, 3.8) is 0 Å². The van der Waals surface area contributed by atoms with Gasteiger partial charge in [0, 0.05) is 7.05 Å². The summed E-state index contributed by atoms with van der Waals surface area (Å²) >= 11 is 6.46. The van der Waals surface area contributed by atoms with Crippen LogP contribution in [-0.4, -0.2) is 48.6 Å². The zero-order chi connectivity index (χ0) is 20.6. The fourth-order valence-electron chi connectivity index (χ4n) is 2.64. The van der Waals surface area contributed by atoms with Crippen molar-refractivity contribution in [2.45, 2.75) is 6.92 Å². The van der Waals surface area contributed by atoms with E-state index in [1.54, 1.807) is 7.05 Å². The summed E-state index contributed by atoms with van der Waals surface area (Å²) in [4.78, 5) is 14.2. The standard InChI is InChI=1S/C22H23NO4S2/c1-16-5-3-7-18(13-16)26-11-9-25-10-12-27-19-8-4-6-17(14-19)15-20-21(24)23(2)22(28)29-20/h3-8,13-15H,9-12H2,1-2H3. The van der Waals surface area contributed by atoms with Gasteiger partial charge in [-0.2, -0.15) is 0 Å². The number of hydrogen-bond donors (Lipinski definition) is 0. The van der Waals surface area contributed by atoms with E-state index in [1.165, 1.54) is 22.2 Å². The van der Waals surface area contributed by atoms with Crippen molar-refractivity contribution >= 4 is 40.3 Å². The molecule has 2 aromatic rings. The molecule has 152 valence electrons. The topological polar surface area (TPSA) is 48.0 Å². The van der Waals surface area contributed by atoms with Gasteiger partial charge in [0.25, 0.3) is 5.91 Å². The maximum absolute atomic E-state index is 12.1. The van der Waals surface area contributed by atoms with Gasteiger partial charge in [-0.1, -0.05) is 48.2 Å². The third-order valence-corrected chi connectivity index (χ3v) is 5.61. The van der Waals surface area contributed by atoms with E-state index in [9.17, 15) is 4.79 Å². The van der Waals surface area contributed by atoms with Crippen LogP contribution in [0.1, 0.15) is 11.1 Å². The fourth-order valence-corrected chi connectivity index (χ4v) is 3.81. The van der Waals surface area contributed by atoms with Crippen molar-refractivity contribution in [2.75, 3.05) is 33.5 Å². The number of thioether (sulfide) groups is 1. The monoisotopic (exact) mass is 429 g/mol. The molecule has 0 aliphatic carbocycles. The minimum absolute atomic E-state index is 0.0763. The van der Waals surface area contributed by atoms with Gasteiger partial charge in [0.1, 0.15) is 29.0 Å². The average molecular weight is 430 g/mol. The van der Waals surface area contributed by atoms with E-state index in [-0.39, 0.29) is 5.91 Å². The Labute approximate surface area is 180 Å². The van der Waals surface area contributed by atoms with E-state index in [0.29, 0.717) is 35.7 Å². The molecule has 7 heteroatoms. The first-order chi connectivity index (χ1) is 14.0. The highest BCUT2D eigenvalue weighted by Gasteiger charge is 2.28. The van der Waals surface area contributed by atoms with Crippen LogP contribution >= 0.6 is 24.0 Å². The van der Waals surface area contributed by atoms with Gasteiger partial charge in [0.05, 0.1) is 18.1 Å². The molecule has 0 radical (unpaired) electrons. The maximum Gasteiger partial charge on any atom is 0.265 e. The molecule has 1 aliphatic rings. The Morgan fingerprint density at radius 1 is 1.00 bits per heavy atom. The van der Waals surface area contributed by atoms with E-state index in [1.807, 2.05) is 61.5 Å². The van der Waals surface area contributed by atoms with Crippen molar-refractivity contribution in [2.24, 2.45) is 0 Å². The van der Waals surface area contributed by atoms with Crippen molar-refractivity contribution in [3.8, 4) is 11.5 Å². The second kappa shape index (κ2) is 10.4. The van der Waals surface area contributed by atoms with Crippen molar-refractivity contribution in [3.05, 3.63) is 64.6 Å². The molecule has 29 heavy (non-hydrogen) atoms. The molecule has 1 saturated heterocycles. The lowest BCUT2D eigenvalue weighted by atomic mass is 10.2. The highest BCUT2D eigenvalue weighted by atomic mass is 32.2. The summed E-state index contributed by atoms with van der Waals surface area (Å²) in [6.45, 7) is 3.93. The van der Waals surface area contributed by atoms with Gasteiger partial charge in [-0.05, 0) is 48.4 Å². The second-order valence-electron chi connectivity index (χ2n) is 6.44. The van der Waals surface area contributed by atoms with Gasteiger partial charge < -0.3 is 14.2 Å². The predicted molar refractivity (Wildman–Crippen MR) is 120 cm³/mol. The molecule has 1 fully saturated rings. The summed E-state index contributed by atoms with van der Waals surface area (Å²) < 4.78 is 17.5. The number of aryl methyl sites for hydroxylation is 1. The summed E-state index contributed by atoms with van der Waals surface area (Å²) in [6, 6.07) is 15.5. The van der Waals surface area contributed by atoms with Crippen LogP contribution in [0.25, 0.3) is 6.08 Å². The molecule has 1 aliphatic heterocycles. The number of benzene rings is 2. The van der Waals surface area contributed by atoms with Crippen LogP contribution in [0.2, 0.25) is 0 Å². The van der Waals surface area contributed by atoms with Gasteiger partial charge >= 0.3 is 0 Å². The Kier molecular flexibility index (Phi) is 7.69. The van der Waals surface area contributed by atoms with Gasteiger partial charge in [0.2, 0.25) is 0 Å². The number of nitrogens with zero attached hydrogens (tertiary/aromatic N) is 1. The molecule has 1 heterocycles. The minimum Gasteiger partial charge on any atom is -0.491 e. The van der Waals surface area contributed by atoms with Crippen LogP contribution in [0, 0.1) is 6.92 Å². The highest BCUT2D eigenvalue weighted by Crippen LogP contribution is 2.31. The van der Waals surface area contributed by atoms with E-state index < -0.39 is 0 Å². The summed E-state index contributed by atoms with van der Waals surface area (Å²) in [5.74, 6) is 1.50. The van der Waals surface area contributed by atoms with E-state index in [4.69, 9.17) is 26.4 Å². The second-order valence-corrected chi connectivity index (χ2v) is 8.11. The Balaban J connectivity index is 1.39. The van der Waals surface area contributed by atoms with Gasteiger partial charge in [-0.25, -0.2) is 0 Å². The summed E-state index contributed by atoms with van der Waals surface area (Å²) in [7, 11) is 1.68. The van der Waals surface area contributed by atoms with Crippen LogP contribution < -0.4 is 9.47 Å². The molecule has 2 aromatic carbocycles. The average Bonchev–Trinajstić information content (AvgIpc) is 2.94. The van der Waals surface area contributed by atoms with E-state index in [2.05, 4.69) is 0 Å². The van der Waals surface area contributed by atoms with Crippen LogP contribution in [-0.2, 0) is 9.53 Å². The number of likely N-dealkylation sites (N-methyl/N-ethyl adjacent to an activating group) is 1. The number of ether oxygens (including phenoxy) is 3. The van der Waals surface area contributed by atoms with Crippen LogP contribution in [0.15, 0.2) is 53.4 Å². The van der Waals surface area contributed by atoms with Crippen molar-refractivity contribution < 1.29 is 19.0 Å². The molecule has 0 bridgehead atoms. The lowest BCUT2D eigenvalue weighted by Crippen LogP contribution is -2.22. The van der Waals surface area contributed by atoms with Gasteiger partial charge in [0.15, 0.2) is 0 Å². The smallest absolute Gasteiger partial charge is 0.265 e. The predicted octanol–water partition coefficient (Wildman–Crippen LogP) is 4.30. The fraction of sp³-hybridized carbons (Fsp3) is 0.273.